The Balaban J connectivity index is 2.57. The van der Waals surface area contributed by atoms with Crippen molar-refractivity contribution in [3.8, 4) is 5.75 Å². The maximum atomic E-state index is 13.9. The van der Waals surface area contributed by atoms with Gasteiger partial charge in [-0.15, -0.1) is 0 Å². The van der Waals surface area contributed by atoms with Gasteiger partial charge in [0, 0.05) is 5.54 Å². The van der Waals surface area contributed by atoms with Crippen LogP contribution in [-0.2, 0) is 5.54 Å². The van der Waals surface area contributed by atoms with Crippen molar-refractivity contribution in [2.24, 2.45) is 5.73 Å². The molecule has 2 N–H and O–H groups in total. The molecule has 0 radical (unpaired) electrons. The molecule has 0 heterocycles. The van der Waals surface area contributed by atoms with Crippen molar-refractivity contribution in [3.63, 3.8) is 0 Å². The molecule has 0 unspecified atom stereocenters. The maximum Gasteiger partial charge on any atom is 0.141 e. The highest BCUT2D eigenvalue weighted by molar-refractivity contribution is 9.10. The van der Waals surface area contributed by atoms with Crippen LogP contribution >= 0.6 is 15.9 Å². The summed E-state index contributed by atoms with van der Waals surface area (Å²) in [6, 6.07) is 3.09. The molecule has 0 aliphatic heterocycles. The molecular weight excluding hydrogens is 273 g/mol. The Morgan fingerprint density at radius 2 is 2.00 bits per heavy atom. The van der Waals surface area contributed by atoms with Crippen molar-refractivity contribution in [1.82, 2.24) is 0 Å². The second-order valence-electron chi connectivity index (χ2n) is 4.30. The Hall–Kier alpha value is -0.610. The van der Waals surface area contributed by atoms with Gasteiger partial charge in [-0.3, -0.25) is 0 Å². The molecule has 0 atom stereocenters. The van der Waals surface area contributed by atoms with Gasteiger partial charge in [0.1, 0.15) is 11.6 Å². The zero-order chi connectivity index (χ0) is 11.8. The van der Waals surface area contributed by atoms with Gasteiger partial charge in [0.25, 0.3) is 0 Å². The van der Waals surface area contributed by atoms with Gasteiger partial charge in [0.2, 0.25) is 0 Å². The van der Waals surface area contributed by atoms with E-state index in [2.05, 4.69) is 15.9 Å². The standard InChI is InChI=1S/C12H15BrFNO/c1-16-11-8(13)4-5-9(14)10(11)12(15)6-2-3-7-12/h4-5H,2-3,6-7,15H2,1H3. The van der Waals surface area contributed by atoms with Gasteiger partial charge in [-0.25, -0.2) is 4.39 Å². The number of methoxy groups -OCH3 is 1. The topological polar surface area (TPSA) is 35.2 Å². The quantitative estimate of drug-likeness (QED) is 0.906. The van der Waals surface area contributed by atoms with E-state index in [0.717, 1.165) is 30.2 Å². The minimum atomic E-state index is -0.570. The van der Waals surface area contributed by atoms with Crippen molar-refractivity contribution in [3.05, 3.63) is 28.0 Å². The Labute approximate surface area is 103 Å². The van der Waals surface area contributed by atoms with Crippen LogP contribution in [-0.4, -0.2) is 7.11 Å². The molecule has 88 valence electrons. The van der Waals surface area contributed by atoms with Crippen LogP contribution in [0.15, 0.2) is 16.6 Å². The lowest BCUT2D eigenvalue weighted by Gasteiger charge is -2.27. The Morgan fingerprint density at radius 1 is 1.38 bits per heavy atom. The molecule has 0 spiro atoms. The molecule has 1 fully saturated rings. The number of halogens is 2. The molecule has 1 saturated carbocycles. The SMILES string of the molecule is COc1c(Br)ccc(F)c1C1(N)CCCC1. The zero-order valence-electron chi connectivity index (χ0n) is 9.22. The molecule has 1 aromatic rings. The van der Waals surface area contributed by atoms with Crippen LogP contribution in [0.25, 0.3) is 0 Å². The molecule has 0 amide bonds. The number of ether oxygens (including phenoxy) is 1. The van der Waals surface area contributed by atoms with E-state index in [1.807, 2.05) is 0 Å². The van der Waals surface area contributed by atoms with E-state index >= 15 is 0 Å². The van der Waals surface area contributed by atoms with E-state index in [9.17, 15) is 4.39 Å². The molecular formula is C12H15BrFNO. The summed E-state index contributed by atoms with van der Waals surface area (Å²) in [5.74, 6) is 0.258. The summed E-state index contributed by atoms with van der Waals surface area (Å²) in [5, 5.41) is 0. The van der Waals surface area contributed by atoms with Gasteiger partial charge >= 0.3 is 0 Å². The fourth-order valence-electron chi connectivity index (χ4n) is 2.45. The molecule has 4 heteroatoms. The largest absolute Gasteiger partial charge is 0.495 e. The fraction of sp³-hybridized carbons (Fsp3) is 0.500. The Morgan fingerprint density at radius 3 is 2.56 bits per heavy atom. The van der Waals surface area contributed by atoms with Crippen LogP contribution in [0.2, 0.25) is 0 Å². The molecule has 0 aromatic heterocycles. The van der Waals surface area contributed by atoms with Crippen LogP contribution in [0.5, 0.6) is 5.75 Å². The Bertz CT molecular complexity index is 402. The fourth-order valence-corrected chi connectivity index (χ4v) is 2.94. The average molecular weight is 288 g/mol. The Kier molecular flexibility index (Phi) is 3.22. The van der Waals surface area contributed by atoms with Crippen molar-refractivity contribution >= 4 is 15.9 Å². The minimum Gasteiger partial charge on any atom is -0.495 e. The number of benzene rings is 1. The van der Waals surface area contributed by atoms with Crippen molar-refractivity contribution < 1.29 is 9.13 Å². The van der Waals surface area contributed by atoms with Crippen LogP contribution in [0, 0.1) is 5.82 Å². The number of nitrogens with two attached hydrogens (primary N) is 1. The number of rotatable bonds is 2. The zero-order valence-corrected chi connectivity index (χ0v) is 10.8. The highest BCUT2D eigenvalue weighted by atomic mass is 79.9. The van der Waals surface area contributed by atoms with Gasteiger partial charge in [-0.1, -0.05) is 12.8 Å². The molecule has 0 saturated heterocycles. The lowest BCUT2D eigenvalue weighted by Crippen LogP contribution is -2.34. The maximum absolute atomic E-state index is 13.9. The second-order valence-corrected chi connectivity index (χ2v) is 5.16. The molecule has 2 rings (SSSR count). The number of hydrogen-bond acceptors (Lipinski definition) is 2. The first kappa shape index (κ1) is 11.9. The number of hydrogen-bond donors (Lipinski definition) is 1. The smallest absolute Gasteiger partial charge is 0.141 e. The minimum absolute atomic E-state index is 0.274. The summed E-state index contributed by atoms with van der Waals surface area (Å²) in [4.78, 5) is 0. The van der Waals surface area contributed by atoms with Gasteiger partial charge in [-0.05, 0) is 40.9 Å². The molecule has 2 nitrogen and oxygen atoms in total. The average Bonchev–Trinajstić information content (AvgIpc) is 2.69. The van der Waals surface area contributed by atoms with Gasteiger partial charge in [-0.2, -0.15) is 0 Å². The van der Waals surface area contributed by atoms with E-state index in [1.54, 1.807) is 13.2 Å². The lowest BCUT2D eigenvalue weighted by atomic mass is 9.88. The molecule has 1 aliphatic rings. The highest BCUT2D eigenvalue weighted by Gasteiger charge is 2.37. The first-order valence-corrected chi connectivity index (χ1v) is 6.19. The molecule has 16 heavy (non-hydrogen) atoms. The van der Waals surface area contributed by atoms with E-state index < -0.39 is 5.54 Å². The normalized spacial score (nSPS) is 18.8. The summed E-state index contributed by atoms with van der Waals surface area (Å²) in [6.07, 6.45) is 3.73. The summed E-state index contributed by atoms with van der Waals surface area (Å²) in [5.41, 5.74) is 6.23. The van der Waals surface area contributed by atoms with Crippen LogP contribution in [0.3, 0.4) is 0 Å². The lowest BCUT2D eigenvalue weighted by molar-refractivity contribution is 0.363. The van der Waals surface area contributed by atoms with E-state index in [1.165, 1.54) is 6.07 Å². The summed E-state index contributed by atoms with van der Waals surface area (Å²) in [6.45, 7) is 0. The van der Waals surface area contributed by atoms with Crippen molar-refractivity contribution in [1.29, 1.82) is 0 Å². The first-order chi connectivity index (χ1) is 7.58. The molecule has 0 bridgehead atoms. The van der Waals surface area contributed by atoms with E-state index in [4.69, 9.17) is 10.5 Å². The van der Waals surface area contributed by atoms with Crippen molar-refractivity contribution in [2.45, 2.75) is 31.2 Å². The first-order valence-electron chi connectivity index (χ1n) is 5.40. The summed E-state index contributed by atoms with van der Waals surface area (Å²) < 4.78 is 20.0. The molecule has 1 aliphatic carbocycles. The third kappa shape index (κ3) is 1.84. The van der Waals surface area contributed by atoms with E-state index in [-0.39, 0.29) is 5.82 Å². The van der Waals surface area contributed by atoms with Crippen molar-refractivity contribution in [2.75, 3.05) is 7.11 Å². The van der Waals surface area contributed by atoms with Gasteiger partial charge in [0.05, 0.1) is 17.1 Å². The van der Waals surface area contributed by atoms with E-state index in [0.29, 0.717) is 11.3 Å². The molecule has 1 aromatic carbocycles. The summed E-state index contributed by atoms with van der Waals surface area (Å²) >= 11 is 3.37. The highest BCUT2D eigenvalue weighted by Crippen LogP contribution is 2.44. The second kappa shape index (κ2) is 4.34. The third-order valence-electron chi connectivity index (χ3n) is 3.26. The van der Waals surface area contributed by atoms with Crippen LogP contribution in [0.1, 0.15) is 31.2 Å². The van der Waals surface area contributed by atoms with Crippen LogP contribution in [0.4, 0.5) is 4.39 Å². The predicted octanol–water partition coefficient (Wildman–Crippen LogP) is 3.32. The predicted molar refractivity (Wildman–Crippen MR) is 65.0 cm³/mol. The third-order valence-corrected chi connectivity index (χ3v) is 3.88. The monoisotopic (exact) mass is 287 g/mol. The van der Waals surface area contributed by atoms with Gasteiger partial charge < -0.3 is 10.5 Å². The van der Waals surface area contributed by atoms with Gasteiger partial charge in [0.15, 0.2) is 0 Å². The summed E-state index contributed by atoms with van der Waals surface area (Å²) in [7, 11) is 1.54. The van der Waals surface area contributed by atoms with Crippen LogP contribution < -0.4 is 10.5 Å².